The van der Waals surface area contributed by atoms with E-state index in [1.807, 2.05) is 45.0 Å². The minimum Gasteiger partial charge on any atom is -0.339 e. The van der Waals surface area contributed by atoms with Gasteiger partial charge in [-0.05, 0) is 24.5 Å². The highest BCUT2D eigenvalue weighted by Crippen LogP contribution is 2.17. The minimum atomic E-state index is -0.0900. The molecule has 0 saturated carbocycles. The van der Waals surface area contributed by atoms with Crippen LogP contribution in [0.15, 0.2) is 24.3 Å². The largest absolute Gasteiger partial charge is 0.339 e. The lowest BCUT2D eigenvalue weighted by molar-refractivity contribution is -0.132. The molecule has 3 nitrogen and oxygen atoms in total. The van der Waals surface area contributed by atoms with Crippen LogP contribution in [0.3, 0.4) is 0 Å². The van der Waals surface area contributed by atoms with Crippen LogP contribution in [0.5, 0.6) is 0 Å². The van der Waals surface area contributed by atoms with Crippen LogP contribution in [-0.4, -0.2) is 23.4 Å². The number of hydrogen-bond donors (Lipinski definition) is 1. The number of nitrogens with zero attached hydrogens (tertiary/aromatic N) is 1. The molecule has 1 amide bonds. The lowest BCUT2D eigenvalue weighted by Gasteiger charge is -2.24. The second-order valence-electron chi connectivity index (χ2n) is 5.11. The Hall–Kier alpha value is -1.06. The van der Waals surface area contributed by atoms with Gasteiger partial charge in [-0.1, -0.05) is 43.6 Å². The van der Waals surface area contributed by atoms with Crippen molar-refractivity contribution >= 4 is 17.5 Å². The molecule has 0 aliphatic carbocycles. The number of amides is 1. The Bertz CT molecular complexity index is 420. The molecule has 0 aromatic heterocycles. The molecule has 1 aromatic rings. The van der Waals surface area contributed by atoms with Gasteiger partial charge >= 0.3 is 0 Å². The van der Waals surface area contributed by atoms with Crippen molar-refractivity contribution in [3.8, 4) is 0 Å². The first-order valence-corrected chi connectivity index (χ1v) is 7.10. The van der Waals surface area contributed by atoms with Gasteiger partial charge in [0.1, 0.15) is 0 Å². The van der Waals surface area contributed by atoms with Gasteiger partial charge in [0.2, 0.25) is 5.91 Å². The fourth-order valence-corrected chi connectivity index (χ4v) is 1.97. The molecule has 0 spiro atoms. The molecule has 0 aliphatic rings. The van der Waals surface area contributed by atoms with Gasteiger partial charge in [0.15, 0.2) is 0 Å². The van der Waals surface area contributed by atoms with E-state index in [4.69, 9.17) is 17.3 Å². The van der Waals surface area contributed by atoms with E-state index < -0.39 is 0 Å². The summed E-state index contributed by atoms with van der Waals surface area (Å²) in [5, 5.41) is 0.696. The first-order valence-electron chi connectivity index (χ1n) is 6.72. The first-order chi connectivity index (χ1) is 8.95. The highest BCUT2D eigenvalue weighted by molar-refractivity contribution is 6.31. The van der Waals surface area contributed by atoms with Crippen LogP contribution >= 0.6 is 11.6 Å². The molecule has 1 aromatic carbocycles. The maximum atomic E-state index is 12.2. The SMILES string of the molecule is CCN(Cc1ccccc1Cl)C(=O)CC(N)C(C)C. The predicted octanol–water partition coefficient (Wildman–Crippen LogP) is 3.06. The summed E-state index contributed by atoms with van der Waals surface area (Å²) in [6.45, 7) is 7.23. The molecule has 0 aliphatic heterocycles. The quantitative estimate of drug-likeness (QED) is 0.872. The summed E-state index contributed by atoms with van der Waals surface area (Å²) < 4.78 is 0. The van der Waals surface area contributed by atoms with Crippen LogP contribution < -0.4 is 5.73 Å². The number of rotatable bonds is 6. The molecule has 2 N–H and O–H groups in total. The Morgan fingerprint density at radius 2 is 2.00 bits per heavy atom. The van der Waals surface area contributed by atoms with E-state index >= 15 is 0 Å². The van der Waals surface area contributed by atoms with Crippen molar-refractivity contribution in [3.05, 3.63) is 34.9 Å². The molecule has 1 unspecified atom stereocenters. The molecule has 0 fully saturated rings. The molecule has 106 valence electrons. The van der Waals surface area contributed by atoms with Crippen molar-refractivity contribution in [1.29, 1.82) is 0 Å². The zero-order valence-electron chi connectivity index (χ0n) is 11.9. The molecule has 0 radical (unpaired) electrons. The Labute approximate surface area is 120 Å². The van der Waals surface area contributed by atoms with Crippen molar-refractivity contribution in [1.82, 2.24) is 4.90 Å². The molecule has 0 saturated heterocycles. The Morgan fingerprint density at radius 3 is 2.53 bits per heavy atom. The van der Waals surface area contributed by atoms with Gasteiger partial charge in [-0.25, -0.2) is 0 Å². The van der Waals surface area contributed by atoms with Gasteiger partial charge in [-0.15, -0.1) is 0 Å². The molecule has 19 heavy (non-hydrogen) atoms. The van der Waals surface area contributed by atoms with Crippen molar-refractivity contribution in [3.63, 3.8) is 0 Å². The monoisotopic (exact) mass is 282 g/mol. The molecule has 0 heterocycles. The van der Waals surface area contributed by atoms with E-state index in [9.17, 15) is 4.79 Å². The third-order valence-electron chi connectivity index (χ3n) is 3.32. The fourth-order valence-electron chi connectivity index (χ4n) is 1.78. The summed E-state index contributed by atoms with van der Waals surface area (Å²) in [5.41, 5.74) is 6.93. The summed E-state index contributed by atoms with van der Waals surface area (Å²) in [5.74, 6) is 0.395. The second-order valence-corrected chi connectivity index (χ2v) is 5.52. The van der Waals surface area contributed by atoms with Gasteiger partial charge < -0.3 is 10.6 Å². The zero-order valence-corrected chi connectivity index (χ0v) is 12.7. The van der Waals surface area contributed by atoms with Gasteiger partial charge in [0, 0.05) is 30.6 Å². The normalized spacial score (nSPS) is 12.5. The summed E-state index contributed by atoms with van der Waals surface area (Å²) in [6.07, 6.45) is 0.385. The Kier molecular flexibility index (Phi) is 6.32. The number of carbonyl (C=O) groups excluding carboxylic acids is 1. The average Bonchev–Trinajstić information content (AvgIpc) is 2.37. The van der Waals surface area contributed by atoms with E-state index in [0.29, 0.717) is 30.5 Å². The Morgan fingerprint density at radius 1 is 1.37 bits per heavy atom. The van der Waals surface area contributed by atoms with Crippen LogP contribution in [0.1, 0.15) is 32.8 Å². The van der Waals surface area contributed by atoms with Crippen LogP contribution in [0.4, 0.5) is 0 Å². The number of hydrogen-bond acceptors (Lipinski definition) is 2. The molecular formula is C15H23ClN2O. The molecule has 1 atom stereocenters. The highest BCUT2D eigenvalue weighted by atomic mass is 35.5. The average molecular weight is 283 g/mol. The van der Waals surface area contributed by atoms with Crippen LogP contribution in [0.25, 0.3) is 0 Å². The van der Waals surface area contributed by atoms with E-state index in [0.717, 1.165) is 5.56 Å². The van der Waals surface area contributed by atoms with Gasteiger partial charge in [0.05, 0.1) is 0 Å². The molecule has 4 heteroatoms. The predicted molar refractivity (Wildman–Crippen MR) is 80.0 cm³/mol. The molecule has 1 rings (SSSR count). The minimum absolute atomic E-state index is 0.0867. The summed E-state index contributed by atoms with van der Waals surface area (Å²) in [4.78, 5) is 14.0. The maximum Gasteiger partial charge on any atom is 0.224 e. The third-order valence-corrected chi connectivity index (χ3v) is 3.69. The van der Waals surface area contributed by atoms with Crippen LogP contribution in [-0.2, 0) is 11.3 Å². The lowest BCUT2D eigenvalue weighted by atomic mass is 10.0. The van der Waals surface area contributed by atoms with Crippen molar-refractivity contribution in [2.24, 2.45) is 11.7 Å². The van der Waals surface area contributed by atoms with Crippen molar-refractivity contribution in [2.45, 2.75) is 39.8 Å². The molecule has 0 bridgehead atoms. The standard InChI is InChI=1S/C15H23ClN2O/c1-4-18(15(19)9-14(17)11(2)3)10-12-7-5-6-8-13(12)16/h5-8,11,14H,4,9-10,17H2,1-3H3. The smallest absolute Gasteiger partial charge is 0.224 e. The van der Waals surface area contributed by atoms with Crippen molar-refractivity contribution in [2.75, 3.05) is 6.54 Å². The van der Waals surface area contributed by atoms with E-state index in [1.165, 1.54) is 0 Å². The number of benzene rings is 1. The Balaban J connectivity index is 2.68. The second kappa shape index (κ2) is 7.51. The zero-order chi connectivity index (χ0) is 14.4. The molecular weight excluding hydrogens is 260 g/mol. The highest BCUT2D eigenvalue weighted by Gasteiger charge is 2.18. The maximum absolute atomic E-state index is 12.2. The summed E-state index contributed by atoms with van der Waals surface area (Å²) >= 11 is 6.12. The van der Waals surface area contributed by atoms with E-state index in [1.54, 1.807) is 4.90 Å². The van der Waals surface area contributed by atoms with Crippen LogP contribution in [0.2, 0.25) is 5.02 Å². The van der Waals surface area contributed by atoms with Gasteiger partial charge in [-0.3, -0.25) is 4.79 Å². The number of halogens is 1. The fraction of sp³-hybridized carbons (Fsp3) is 0.533. The topological polar surface area (TPSA) is 46.3 Å². The van der Waals surface area contributed by atoms with Gasteiger partial charge in [-0.2, -0.15) is 0 Å². The summed E-state index contributed by atoms with van der Waals surface area (Å²) in [7, 11) is 0. The number of nitrogens with two attached hydrogens (primary N) is 1. The van der Waals surface area contributed by atoms with E-state index in [2.05, 4.69) is 0 Å². The van der Waals surface area contributed by atoms with E-state index in [-0.39, 0.29) is 11.9 Å². The third kappa shape index (κ3) is 4.84. The first kappa shape index (κ1) is 16.0. The lowest BCUT2D eigenvalue weighted by Crippen LogP contribution is -2.37. The van der Waals surface area contributed by atoms with Crippen molar-refractivity contribution < 1.29 is 4.79 Å². The number of carbonyl (C=O) groups is 1. The summed E-state index contributed by atoms with van der Waals surface area (Å²) in [6, 6.07) is 7.51. The van der Waals surface area contributed by atoms with Crippen LogP contribution in [0, 0.1) is 5.92 Å². The van der Waals surface area contributed by atoms with Gasteiger partial charge in [0.25, 0.3) is 0 Å².